The quantitative estimate of drug-likeness (QED) is 0.432. The molecule has 4 nitrogen and oxygen atoms in total. The molecule has 2 aromatic carbocycles. The summed E-state index contributed by atoms with van der Waals surface area (Å²) >= 11 is 0. The summed E-state index contributed by atoms with van der Waals surface area (Å²) < 4.78 is 0. The molecule has 1 saturated heterocycles. The molecule has 6 rings (SSSR count). The first-order chi connectivity index (χ1) is 18.7. The van der Waals surface area contributed by atoms with E-state index in [4.69, 9.17) is 0 Å². The highest BCUT2D eigenvalue weighted by atomic mass is 16.2. The molecule has 2 aromatic rings. The number of hydrogen-bond donors (Lipinski definition) is 1. The van der Waals surface area contributed by atoms with Gasteiger partial charge in [0.1, 0.15) is 5.92 Å². The minimum Gasteiger partial charge on any atom is -0.348 e. The molecule has 39 heavy (non-hydrogen) atoms. The summed E-state index contributed by atoms with van der Waals surface area (Å²) in [7, 11) is 1.97. The van der Waals surface area contributed by atoms with Gasteiger partial charge in [0.15, 0.2) is 0 Å². The zero-order valence-corrected chi connectivity index (χ0v) is 24.3. The number of likely N-dealkylation sites (tertiary alicyclic amines) is 1. The van der Waals surface area contributed by atoms with Gasteiger partial charge in [0.25, 0.3) is 0 Å². The summed E-state index contributed by atoms with van der Waals surface area (Å²) in [6.45, 7) is 7.06. The summed E-state index contributed by atoms with van der Waals surface area (Å²) in [5.74, 6) is 1.47. The number of amides is 2. The SMILES string of the molecule is Cc1ccc(CC(NC(=O)C2C[C@@]3(C)C(CC[C@@H]4[C@H]3CC[C@]3(C)CCC[C@@H]43)N(C)C2=O)c2ccccc2)cc1. The zero-order chi connectivity index (χ0) is 27.4. The maximum absolute atomic E-state index is 14.0. The van der Waals surface area contributed by atoms with Crippen LogP contribution >= 0.6 is 0 Å². The van der Waals surface area contributed by atoms with Crippen molar-refractivity contribution in [2.45, 2.75) is 90.6 Å². The first kappa shape index (κ1) is 26.6. The van der Waals surface area contributed by atoms with Crippen LogP contribution in [0.5, 0.6) is 0 Å². The number of carbonyl (C=O) groups excluding carboxylic acids is 2. The highest BCUT2D eigenvalue weighted by Crippen LogP contribution is 2.65. The molecule has 0 bridgehead atoms. The van der Waals surface area contributed by atoms with Gasteiger partial charge in [-0.25, -0.2) is 0 Å². The van der Waals surface area contributed by atoms with Crippen molar-refractivity contribution >= 4 is 11.8 Å². The van der Waals surface area contributed by atoms with Crippen LogP contribution in [-0.4, -0.2) is 29.8 Å². The monoisotopic (exact) mass is 526 g/mol. The first-order valence-corrected chi connectivity index (χ1v) is 15.4. The molecule has 0 aromatic heterocycles. The molecule has 1 heterocycles. The van der Waals surface area contributed by atoms with E-state index in [-0.39, 0.29) is 29.3 Å². The number of piperidine rings is 1. The topological polar surface area (TPSA) is 49.4 Å². The van der Waals surface area contributed by atoms with Crippen LogP contribution in [-0.2, 0) is 16.0 Å². The Morgan fingerprint density at radius 2 is 1.72 bits per heavy atom. The van der Waals surface area contributed by atoms with Gasteiger partial charge < -0.3 is 10.2 Å². The Morgan fingerprint density at radius 3 is 2.46 bits per heavy atom. The van der Waals surface area contributed by atoms with E-state index in [1.807, 2.05) is 30.1 Å². The molecule has 4 fully saturated rings. The highest BCUT2D eigenvalue weighted by molar-refractivity contribution is 6.01. The van der Waals surface area contributed by atoms with E-state index >= 15 is 0 Å². The van der Waals surface area contributed by atoms with Crippen molar-refractivity contribution in [2.75, 3.05) is 7.05 Å². The lowest BCUT2D eigenvalue weighted by Crippen LogP contribution is -2.64. The molecule has 3 aliphatic carbocycles. The lowest BCUT2D eigenvalue weighted by molar-refractivity contribution is -0.169. The fourth-order valence-corrected chi connectivity index (χ4v) is 9.65. The van der Waals surface area contributed by atoms with Gasteiger partial charge in [-0.15, -0.1) is 0 Å². The Kier molecular flexibility index (Phi) is 6.88. The average molecular weight is 527 g/mol. The second kappa shape index (κ2) is 10.1. The Balaban J connectivity index is 1.25. The second-order valence-corrected chi connectivity index (χ2v) is 13.9. The van der Waals surface area contributed by atoms with Crippen molar-refractivity contribution in [1.82, 2.24) is 10.2 Å². The van der Waals surface area contributed by atoms with Crippen LogP contribution in [0.25, 0.3) is 0 Å². The van der Waals surface area contributed by atoms with Crippen molar-refractivity contribution in [2.24, 2.45) is 34.5 Å². The molecule has 1 aliphatic heterocycles. The Morgan fingerprint density at radius 1 is 0.974 bits per heavy atom. The first-order valence-electron chi connectivity index (χ1n) is 15.4. The number of aryl methyl sites for hydroxylation is 1. The summed E-state index contributed by atoms with van der Waals surface area (Å²) in [5, 5.41) is 3.36. The number of rotatable bonds is 5. The molecule has 0 radical (unpaired) electrons. The number of carbonyl (C=O) groups is 2. The summed E-state index contributed by atoms with van der Waals surface area (Å²) in [6, 6.07) is 18.8. The third kappa shape index (κ3) is 4.62. The smallest absolute Gasteiger partial charge is 0.235 e. The second-order valence-electron chi connectivity index (χ2n) is 13.9. The predicted octanol–water partition coefficient (Wildman–Crippen LogP) is 6.87. The Labute approximate surface area is 234 Å². The van der Waals surface area contributed by atoms with Crippen LogP contribution in [0.4, 0.5) is 0 Å². The number of nitrogens with one attached hydrogen (secondary N) is 1. The van der Waals surface area contributed by atoms with Gasteiger partial charge in [0.2, 0.25) is 11.8 Å². The molecule has 3 unspecified atom stereocenters. The molecular weight excluding hydrogens is 480 g/mol. The summed E-state index contributed by atoms with van der Waals surface area (Å²) in [4.78, 5) is 29.7. The van der Waals surface area contributed by atoms with E-state index in [9.17, 15) is 9.59 Å². The number of benzene rings is 2. The third-order valence-corrected chi connectivity index (χ3v) is 11.8. The van der Waals surface area contributed by atoms with E-state index in [1.54, 1.807) is 0 Å². The number of fused-ring (bicyclic) bond motifs is 5. The van der Waals surface area contributed by atoms with Gasteiger partial charge >= 0.3 is 0 Å². The van der Waals surface area contributed by atoms with Crippen LogP contribution in [0.1, 0.15) is 87.9 Å². The largest absolute Gasteiger partial charge is 0.348 e. The van der Waals surface area contributed by atoms with Gasteiger partial charge in [-0.05, 0) is 98.0 Å². The molecule has 208 valence electrons. The van der Waals surface area contributed by atoms with Crippen LogP contribution in [0, 0.1) is 41.4 Å². The van der Waals surface area contributed by atoms with Crippen molar-refractivity contribution in [3.05, 3.63) is 71.3 Å². The fourth-order valence-electron chi connectivity index (χ4n) is 9.65. The molecule has 0 spiro atoms. The third-order valence-electron chi connectivity index (χ3n) is 11.8. The molecule has 3 saturated carbocycles. The van der Waals surface area contributed by atoms with E-state index in [2.05, 4.69) is 62.5 Å². The summed E-state index contributed by atoms with van der Waals surface area (Å²) in [6.07, 6.45) is 10.4. The lowest BCUT2D eigenvalue weighted by Gasteiger charge is -2.62. The van der Waals surface area contributed by atoms with E-state index < -0.39 is 5.92 Å². The van der Waals surface area contributed by atoms with Crippen LogP contribution < -0.4 is 5.32 Å². The predicted molar refractivity (Wildman–Crippen MR) is 156 cm³/mol. The highest BCUT2D eigenvalue weighted by Gasteiger charge is 2.61. The van der Waals surface area contributed by atoms with E-state index in [0.29, 0.717) is 24.2 Å². The molecule has 2 amide bonds. The van der Waals surface area contributed by atoms with Gasteiger partial charge in [-0.3, -0.25) is 9.59 Å². The molecular formula is C35H46N2O2. The van der Waals surface area contributed by atoms with Crippen molar-refractivity contribution in [1.29, 1.82) is 0 Å². The van der Waals surface area contributed by atoms with E-state index in [1.165, 1.54) is 49.7 Å². The van der Waals surface area contributed by atoms with Crippen molar-refractivity contribution in [3.8, 4) is 0 Å². The lowest BCUT2D eigenvalue weighted by atomic mass is 9.47. The van der Waals surface area contributed by atoms with Crippen molar-refractivity contribution < 1.29 is 9.59 Å². The average Bonchev–Trinajstić information content (AvgIpc) is 3.34. The van der Waals surface area contributed by atoms with Crippen LogP contribution in [0.3, 0.4) is 0 Å². The Hall–Kier alpha value is -2.62. The zero-order valence-electron chi connectivity index (χ0n) is 24.3. The Bertz CT molecular complexity index is 1210. The standard InChI is InChI=1S/C35H46N2O2/c1-23-12-14-24(15-13-23)21-30(25-9-6-5-7-10-25)36-32(38)27-22-35(3)29-18-20-34(2)19-8-11-28(34)26(29)16-17-31(35)37(4)33(27)39/h5-7,9-10,12-15,26-31H,8,11,16-22H2,1-4H3,(H,36,38)/t26-,27?,28-,29+,30?,31?,34-,35+/m0/s1. The van der Waals surface area contributed by atoms with Gasteiger partial charge in [0, 0.05) is 13.1 Å². The molecule has 4 aliphatic rings. The summed E-state index contributed by atoms with van der Waals surface area (Å²) in [5.41, 5.74) is 4.00. The van der Waals surface area contributed by atoms with Crippen LogP contribution in [0.15, 0.2) is 54.6 Å². The van der Waals surface area contributed by atoms with Gasteiger partial charge in [-0.2, -0.15) is 0 Å². The van der Waals surface area contributed by atoms with Gasteiger partial charge in [0.05, 0.1) is 6.04 Å². The minimum atomic E-state index is -0.615. The van der Waals surface area contributed by atoms with Crippen LogP contribution in [0.2, 0.25) is 0 Å². The maximum atomic E-state index is 14.0. The number of hydrogen-bond acceptors (Lipinski definition) is 2. The maximum Gasteiger partial charge on any atom is 0.235 e. The van der Waals surface area contributed by atoms with Crippen molar-refractivity contribution in [3.63, 3.8) is 0 Å². The molecule has 4 heteroatoms. The minimum absolute atomic E-state index is 0.00327. The van der Waals surface area contributed by atoms with E-state index in [0.717, 1.165) is 23.8 Å². The fraction of sp³-hybridized carbons (Fsp3) is 0.600. The number of nitrogens with zero attached hydrogens (tertiary/aromatic N) is 1. The molecule has 1 N–H and O–H groups in total. The normalized spacial score (nSPS) is 36.5. The van der Waals surface area contributed by atoms with Gasteiger partial charge in [-0.1, -0.05) is 80.4 Å². The molecule has 8 atom stereocenters.